The summed E-state index contributed by atoms with van der Waals surface area (Å²) >= 11 is 0. The maximum absolute atomic E-state index is 13.4. The van der Waals surface area contributed by atoms with Crippen molar-refractivity contribution in [3.05, 3.63) is 82.9 Å². The fraction of sp³-hybridized carbons (Fsp3) is 0.400. The smallest absolute Gasteiger partial charge is 0.290 e. The largest absolute Gasteiger partial charge is 0.382 e. The number of fused-ring (bicyclic) bond motifs is 2. The Labute approximate surface area is 230 Å². The number of halogens is 2. The monoisotopic (exact) mass is 546 g/mol. The van der Waals surface area contributed by atoms with Crippen LogP contribution in [0, 0.1) is 11.6 Å². The summed E-state index contributed by atoms with van der Waals surface area (Å²) in [6.07, 6.45) is 7.75. The van der Waals surface area contributed by atoms with Crippen LogP contribution < -0.4 is 9.13 Å². The third-order valence-corrected chi connectivity index (χ3v) is 7.84. The maximum Gasteiger partial charge on any atom is 0.382 e. The molecule has 2 aliphatic rings. The number of carbonyl (C=O) groups excluding carboxylic acids is 2. The number of nitrogens with zero attached hydrogens (tertiary/aromatic N) is 6. The second-order valence-corrected chi connectivity index (χ2v) is 10.6. The van der Waals surface area contributed by atoms with Crippen LogP contribution in [0.5, 0.6) is 0 Å². The van der Waals surface area contributed by atoms with Gasteiger partial charge in [-0.15, -0.1) is 9.36 Å². The number of Topliss-reactive ketones (excluding diaryl/α,β-unsaturated/α-hetero) is 2. The Morgan fingerprint density at radius 1 is 0.625 bits per heavy atom. The molecule has 206 valence electrons. The lowest BCUT2D eigenvalue weighted by Gasteiger charge is -2.01. The van der Waals surface area contributed by atoms with Crippen molar-refractivity contribution in [1.82, 2.24) is 19.6 Å². The predicted molar refractivity (Wildman–Crippen MR) is 140 cm³/mol. The Bertz CT molecular complexity index is 1440. The van der Waals surface area contributed by atoms with Crippen molar-refractivity contribution in [1.29, 1.82) is 0 Å². The van der Waals surface area contributed by atoms with Crippen molar-refractivity contribution in [2.24, 2.45) is 0 Å². The normalized spacial score (nSPS) is 15.2. The fourth-order valence-electron chi connectivity index (χ4n) is 5.74. The molecule has 0 bridgehead atoms. The molecular weight excluding hydrogens is 514 g/mol. The van der Waals surface area contributed by atoms with Gasteiger partial charge in [-0.1, -0.05) is 0 Å². The number of ketones is 2. The first kappa shape index (κ1) is 26.2. The van der Waals surface area contributed by atoms with Crippen LogP contribution in [0.1, 0.15) is 70.9 Å². The summed E-state index contributed by atoms with van der Waals surface area (Å²) in [5.74, 6) is 2.31. The zero-order chi connectivity index (χ0) is 27.6. The molecule has 6 rings (SSSR count). The molecule has 10 heteroatoms. The van der Waals surface area contributed by atoms with E-state index in [1.54, 1.807) is 9.36 Å². The second kappa shape index (κ2) is 11.2. The Balaban J connectivity index is 1.39. The number of carbonyl (C=O) groups is 2. The van der Waals surface area contributed by atoms with Crippen molar-refractivity contribution in [3.63, 3.8) is 0 Å². The van der Waals surface area contributed by atoms with Gasteiger partial charge in [0, 0.05) is 24.0 Å². The Hall–Kier alpha value is -4.08. The van der Waals surface area contributed by atoms with E-state index in [0.717, 1.165) is 76.1 Å². The van der Waals surface area contributed by atoms with Crippen molar-refractivity contribution >= 4 is 11.6 Å². The molecule has 0 N–H and O–H groups in total. The molecule has 2 aliphatic heterocycles. The van der Waals surface area contributed by atoms with Gasteiger partial charge in [-0.2, -0.15) is 0 Å². The van der Waals surface area contributed by atoms with Crippen LogP contribution in [0.15, 0.2) is 48.5 Å². The predicted octanol–water partition coefficient (Wildman–Crippen LogP) is 3.82. The maximum atomic E-state index is 13.4. The number of aromatic nitrogens is 6. The second-order valence-electron chi connectivity index (χ2n) is 10.6. The molecule has 0 fully saturated rings. The van der Waals surface area contributed by atoms with E-state index in [4.69, 9.17) is 10.2 Å². The van der Waals surface area contributed by atoms with Gasteiger partial charge < -0.3 is 0 Å². The van der Waals surface area contributed by atoms with Crippen LogP contribution >= 0.6 is 0 Å². The van der Waals surface area contributed by atoms with Crippen molar-refractivity contribution in [3.8, 4) is 11.6 Å². The highest BCUT2D eigenvalue weighted by Crippen LogP contribution is 2.19. The molecule has 2 aromatic carbocycles. The van der Waals surface area contributed by atoms with Gasteiger partial charge in [0.1, 0.15) is 11.6 Å². The molecule has 0 radical (unpaired) electrons. The number of rotatable bonds is 7. The molecule has 8 nitrogen and oxygen atoms in total. The van der Waals surface area contributed by atoms with Crippen LogP contribution in [-0.4, -0.2) is 31.1 Å². The highest BCUT2D eigenvalue weighted by atomic mass is 19.1. The quantitative estimate of drug-likeness (QED) is 0.261. The molecule has 0 saturated heterocycles. The summed E-state index contributed by atoms with van der Waals surface area (Å²) in [6, 6.07) is 11.2. The summed E-state index contributed by atoms with van der Waals surface area (Å²) in [5, 5.41) is 9.89. The van der Waals surface area contributed by atoms with E-state index in [2.05, 4.69) is 9.13 Å². The van der Waals surface area contributed by atoms with Crippen molar-refractivity contribution in [2.75, 3.05) is 0 Å². The van der Waals surface area contributed by atoms with Crippen LogP contribution in [0.3, 0.4) is 0 Å². The van der Waals surface area contributed by atoms with Gasteiger partial charge in [-0.05, 0) is 87.1 Å². The lowest BCUT2D eigenvalue weighted by molar-refractivity contribution is -0.721. The molecule has 0 unspecified atom stereocenters. The molecule has 4 heterocycles. The Kier molecular flexibility index (Phi) is 7.32. The first-order valence-corrected chi connectivity index (χ1v) is 14.0. The van der Waals surface area contributed by atoms with Crippen molar-refractivity contribution in [2.45, 2.75) is 77.5 Å². The van der Waals surface area contributed by atoms with E-state index in [1.807, 2.05) is 0 Å². The average molecular weight is 547 g/mol. The summed E-state index contributed by atoms with van der Waals surface area (Å²) < 4.78 is 34.7. The summed E-state index contributed by atoms with van der Waals surface area (Å²) in [7, 11) is 0. The minimum absolute atomic E-state index is 0.0532. The highest BCUT2D eigenvalue weighted by Gasteiger charge is 2.39. The zero-order valence-corrected chi connectivity index (χ0v) is 22.4. The minimum atomic E-state index is -0.381. The van der Waals surface area contributed by atoms with Crippen LogP contribution in [0.4, 0.5) is 8.78 Å². The van der Waals surface area contributed by atoms with Gasteiger partial charge in [0.05, 0.1) is 23.3 Å². The first-order chi connectivity index (χ1) is 19.5. The minimum Gasteiger partial charge on any atom is -0.290 e. The molecule has 0 spiro atoms. The van der Waals surface area contributed by atoms with Crippen LogP contribution in [0.2, 0.25) is 0 Å². The fourth-order valence-corrected chi connectivity index (χ4v) is 5.74. The first-order valence-electron chi connectivity index (χ1n) is 14.0. The molecule has 0 atom stereocenters. The summed E-state index contributed by atoms with van der Waals surface area (Å²) in [6.45, 7) is 1.65. The lowest BCUT2D eigenvalue weighted by Crippen LogP contribution is -2.44. The third kappa shape index (κ3) is 5.22. The van der Waals surface area contributed by atoms with Gasteiger partial charge in [0.2, 0.25) is 11.6 Å². The number of benzene rings is 2. The van der Waals surface area contributed by atoms with Crippen LogP contribution in [0.25, 0.3) is 11.6 Å². The van der Waals surface area contributed by atoms with E-state index in [0.29, 0.717) is 22.8 Å². The zero-order valence-electron chi connectivity index (χ0n) is 22.4. The Morgan fingerprint density at radius 3 is 1.43 bits per heavy atom. The van der Waals surface area contributed by atoms with E-state index < -0.39 is 0 Å². The van der Waals surface area contributed by atoms with E-state index in [1.165, 1.54) is 48.5 Å². The number of hydrogen-bond donors (Lipinski definition) is 0. The molecular formula is C30H32F2N6O2+2. The van der Waals surface area contributed by atoms with Crippen molar-refractivity contribution < 1.29 is 27.5 Å². The van der Waals surface area contributed by atoms with Gasteiger partial charge in [-0.3, -0.25) is 9.59 Å². The molecule has 2 aromatic heterocycles. The standard InChI is InChI=1S/C30H32F2N6O2/c31-23-13-9-21(10-14-23)25(39)19-37-27-7-3-1-5-17-35(27)29(33-37)30-34-38(28-8-4-2-6-18-36(28)30)20-26(40)22-11-15-24(32)16-12-22/h9-16H,1-8,17-20H2/q+2. The molecule has 0 saturated carbocycles. The Morgan fingerprint density at radius 2 is 1.02 bits per heavy atom. The molecule has 0 aliphatic carbocycles. The highest BCUT2D eigenvalue weighted by molar-refractivity contribution is 5.96. The third-order valence-electron chi connectivity index (χ3n) is 7.84. The average Bonchev–Trinajstić information content (AvgIpc) is 3.21. The number of hydrogen-bond acceptors (Lipinski definition) is 4. The van der Waals surface area contributed by atoms with E-state index in [-0.39, 0.29) is 36.3 Å². The summed E-state index contributed by atoms with van der Waals surface area (Å²) in [5.41, 5.74) is 0.885. The SMILES string of the molecule is O=C(Cn1nc(-c2nn(CC(=O)c3ccc(F)cc3)c3[n+]2CCCCC3)[n+]2c1CCCCC2)c1ccc(F)cc1. The molecule has 0 amide bonds. The van der Waals surface area contributed by atoms with Gasteiger partial charge in [-0.25, -0.2) is 17.9 Å². The van der Waals surface area contributed by atoms with E-state index in [9.17, 15) is 18.4 Å². The van der Waals surface area contributed by atoms with Crippen LogP contribution in [-0.2, 0) is 39.0 Å². The van der Waals surface area contributed by atoms with E-state index >= 15 is 0 Å². The lowest BCUT2D eigenvalue weighted by atomic mass is 10.1. The molecule has 40 heavy (non-hydrogen) atoms. The topological polar surface area (TPSA) is 77.5 Å². The summed E-state index contributed by atoms with van der Waals surface area (Å²) in [4.78, 5) is 26.2. The van der Waals surface area contributed by atoms with Gasteiger partial charge >= 0.3 is 11.6 Å². The van der Waals surface area contributed by atoms with Gasteiger partial charge in [0.15, 0.2) is 24.7 Å². The van der Waals surface area contributed by atoms with Gasteiger partial charge in [0.25, 0.3) is 0 Å². The molecule has 4 aromatic rings.